The molecule has 0 aromatic rings. The lowest BCUT2D eigenvalue weighted by atomic mass is 10.3. The van der Waals surface area contributed by atoms with Crippen LogP contribution in [0, 0.1) is 0 Å². The van der Waals surface area contributed by atoms with Crippen molar-refractivity contribution in [1.29, 1.82) is 0 Å². The van der Waals surface area contributed by atoms with Gasteiger partial charge in [0.25, 0.3) is 0 Å². The summed E-state index contributed by atoms with van der Waals surface area (Å²) < 4.78 is 10.2. The number of carboxylic acids is 1. The van der Waals surface area contributed by atoms with Crippen LogP contribution >= 0.6 is 0 Å². The molecule has 78 valence electrons. The molecule has 13 heavy (non-hydrogen) atoms. The molecular weight excluding hydrogens is 172 g/mol. The van der Waals surface area contributed by atoms with Gasteiger partial charge in [-0.1, -0.05) is 13.8 Å². The van der Waals surface area contributed by atoms with Crippen LogP contribution in [0.25, 0.3) is 0 Å². The van der Waals surface area contributed by atoms with Gasteiger partial charge in [-0.3, -0.25) is 0 Å². The molecule has 0 bridgehead atoms. The molecule has 0 aliphatic rings. The van der Waals surface area contributed by atoms with E-state index >= 15 is 0 Å². The maximum absolute atomic E-state index is 10.5. The summed E-state index contributed by atoms with van der Waals surface area (Å²) in [6.07, 6.45) is 0.768. The van der Waals surface area contributed by atoms with Crippen LogP contribution in [0.5, 0.6) is 0 Å². The van der Waals surface area contributed by atoms with Crippen LogP contribution < -0.4 is 0 Å². The van der Waals surface area contributed by atoms with E-state index in [1.54, 1.807) is 6.92 Å². The van der Waals surface area contributed by atoms with Gasteiger partial charge in [0.2, 0.25) is 0 Å². The maximum atomic E-state index is 10.5. The normalized spacial score (nSPS) is 12.8. The second kappa shape index (κ2) is 8.01. The zero-order chi connectivity index (χ0) is 10.1. The first-order valence-corrected chi connectivity index (χ1v) is 4.64. The summed E-state index contributed by atoms with van der Waals surface area (Å²) in [4.78, 5) is 10.5. The Bertz CT molecular complexity index is 136. The lowest BCUT2D eigenvalue weighted by Gasteiger charge is -2.10. The minimum atomic E-state index is -0.905. The minimum Gasteiger partial charge on any atom is -0.479 e. The zero-order valence-corrected chi connectivity index (χ0v) is 8.28. The average molecular weight is 190 g/mol. The van der Waals surface area contributed by atoms with E-state index in [4.69, 9.17) is 14.6 Å². The van der Waals surface area contributed by atoms with Gasteiger partial charge in [-0.05, 0) is 12.8 Å². The molecule has 0 spiro atoms. The second-order valence-electron chi connectivity index (χ2n) is 2.72. The van der Waals surface area contributed by atoms with Crippen molar-refractivity contribution in [2.75, 3.05) is 19.8 Å². The van der Waals surface area contributed by atoms with Crippen molar-refractivity contribution in [3.05, 3.63) is 0 Å². The molecule has 4 heteroatoms. The third-order valence-electron chi connectivity index (χ3n) is 1.54. The van der Waals surface area contributed by atoms with Gasteiger partial charge in [0.05, 0.1) is 13.2 Å². The molecule has 1 atom stereocenters. The number of ether oxygens (including phenoxy) is 2. The summed E-state index contributed by atoms with van der Waals surface area (Å²) in [5.74, 6) is -0.905. The first-order chi connectivity index (χ1) is 6.22. The second-order valence-corrected chi connectivity index (χ2v) is 2.72. The molecule has 0 aliphatic heterocycles. The maximum Gasteiger partial charge on any atom is 0.332 e. The van der Waals surface area contributed by atoms with E-state index in [0.29, 0.717) is 26.2 Å². The molecule has 1 N–H and O–H groups in total. The smallest absolute Gasteiger partial charge is 0.332 e. The predicted molar refractivity (Wildman–Crippen MR) is 48.8 cm³/mol. The Kier molecular flexibility index (Phi) is 7.63. The van der Waals surface area contributed by atoms with Gasteiger partial charge in [0, 0.05) is 6.61 Å². The lowest BCUT2D eigenvalue weighted by molar-refractivity contribution is -0.151. The van der Waals surface area contributed by atoms with Crippen LogP contribution in [0.2, 0.25) is 0 Å². The van der Waals surface area contributed by atoms with Crippen molar-refractivity contribution >= 4 is 5.97 Å². The van der Waals surface area contributed by atoms with Crippen molar-refractivity contribution in [1.82, 2.24) is 0 Å². The molecule has 0 aliphatic carbocycles. The summed E-state index contributed by atoms with van der Waals surface area (Å²) in [6, 6.07) is 0. The van der Waals surface area contributed by atoms with Gasteiger partial charge in [-0.15, -0.1) is 0 Å². The van der Waals surface area contributed by atoms with E-state index in [9.17, 15) is 4.79 Å². The van der Waals surface area contributed by atoms with Gasteiger partial charge in [-0.25, -0.2) is 4.79 Å². The number of hydrogen-bond acceptors (Lipinski definition) is 3. The third-order valence-corrected chi connectivity index (χ3v) is 1.54. The number of carboxylic acid groups (broad SMARTS) is 1. The fraction of sp³-hybridized carbons (Fsp3) is 0.889. The van der Waals surface area contributed by atoms with E-state index in [1.807, 2.05) is 6.92 Å². The molecule has 0 heterocycles. The average Bonchev–Trinajstić information content (AvgIpc) is 2.10. The van der Waals surface area contributed by atoms with E-state index < -0.39 is 12.1 Å². The minimum absolute atomic E-state index is 0.352. The number of hydrogen-bond donors (Lipinski definition) is 1. The summed E-state index contributed by atoms with van der Waals surface area (Å²) in [5.41, 5.74) is 0. The van der Waals surface area contributed by atoms with Gasteiger partial charge < -0.3 is 14.6 Å². The van der Waals surface area contributed by atoms with Crippen LogP contribution in [-0.4, -0.2) is 37.0 Å². The molecule has 4 nitrogen and oxygen atoms in total. The Morgan fingerprint density at radius 3 is 2.46 bits per heavy atom. The SMILES string of the molecule is CCCOCCOC(CC)C(=O)O. The molecule has 0 rings (SSSR count). The van der Waals surface area contributed by atoms with Gasteiger partial charge >= 0.3 is 5.97 Å². The van der Waals surface area contributed by atoms with Crippen LogP contribution in [0.4, 0.5) is 0 Å². The summed E-state index contributed by atoms with van der Waals surface area (Å²) in [6.45, 7) is 5.33. The fourth-order valence-electron chi connectivity index (χ4n) is 0.859. The van der Waals surface area contributed by atoms with Gasteiger partial charge in [0.1, 0.15) is 0 Å². The van der Waals surface area contributed by atoms with Crippen LogP contribution in [0.15, 0.2) is 0 Å². The third kappa shape index (κ3) is 6.54. The quantitative estimate of drug-likeness (QED) is 0.586. The number of carbonyl (C=O) groups is 1. The Hall–Kier alpha value is -0.610. The molecule has 0 aromatic carbocycles. The Balaban J connectivity index is 3.33. The molecule has 0 fully saturated rings. The van der Waals surface area contributed by atoms with Crippen molar-refractivity contribution in [3.63, 3.8) is 0 Å². The number of rotatable bonds is 8. The van der Waals surface area contributed by atoms with Crippen molar-refractivity contribution < 1.29 is 19.4 Å². The molecule has 1 unspecified atom stereocenters. The monoisotopic (exact) mass is 190 g/mol. The first-order valence-electron chi connectivity index (χ1n) is 4.64. The number of aliphatic carboxylic acids is 1. The highest BCUT2D eigenvalue weighted by atomic mass is 16.5. The Morgan fingerprint density at radius 2 is 2.00 bits per heavy atom. The zero-order valence-electron chi connectivity index (χ0n) is 8.28. The Morgan fingerprint density at radius 1 is 1.31 bits per heavy atom. The van der Waals surface area contributed by atoms with E-state index in [1.165, 1.54) is 0 Å². The first kappa shape index (κ1) is 12.4. The van der Waals surface area contributed by atoms with Crippen molar-refractivity contribution in [2.45, 2.75) is 32.8 Å². The molecule has 0 saturated heterocycles. The summed E-state index contributed by atoms with van der Waals surface area (Å²) >= 11 is 0. The molecule has 0 saturated carbocycles. The highest BCUT2D eigenvalue weighted by Crippen LogP contribution is 1.97. The standard InChI is InChI=1S/C9H18O4/c1-3-5-12-6-7-13-8(4-2)9(10)11/h8H,3-7H2,1-2H3,(H,10,11). The molecule has 0 radical (unpaired) electrons. The highest BCUT2D eigenvalue weighted by molar-refractivity contribution is 5.72. The topological polar surface area (TPSA) is 55.8 Å². The van der Waals surface area contributed by atoms with E-state index in [-0.39, 0.29) is 0 Å². The lowest BCUT2D eigenvalue weighted by Crippen LogP contribution is -2.24. The molecule has 0 aromatic heterocycles. The predicted octanol–water partition coefficient (Wildman–Crippen LogP) is 1.29. The van der Waals surface area contributed by atoms with Crippen molar-refractivity contribution in [2.24, 2.45) is 0 Å². The van der Waals surface area contributed by atoms with Crippen LogP contribution in [0.1, 0.15) is 26.7 Å². The largest absolute Gasteiger partial charge is 0.479 e. The van der Waals surface area contributed by atoms with E-state index in [2.05, 4.69) is 0 Å². The highest BCUT2D eigenvalue weighted by Gasteiger charge is 2.14. The van der Waals surface area contributed by atoms with Crippen LogP contribution in [-0.2, 0) is 14.3 Å². The summed E-state index contributed by atoms with van der Waals surface area (Å²) in [7, 11) is 0. The van der Waals surface area contributed by atoms with Crippen molar-refractivity contribution in [3.8, 4) is 0 Å². The van der Waals surface area contributed by atoms with E-state index in [0.717, 1.165) is 6.42 Å². The van der Waals surface area contributed by atoms with Crippen LogP contribution in [0.3, 0.4) is 0 Å². The molecular formula is C9H18O4. The fourth-order valence-corrected chi connectivity index (χ4v) is 0.859. The van der Waals surface area contributed by atoms with Gasteiger partial charge in [-0.2, -0.15) is 0 Å². The molecule has 0 amide bonds. The Labute approximate surface area is 78.8 Å². The van der Waals surface area contributed by atoms with Gasteiger partial charge in [0.15, 0.2) is 6.10 Å². The summed E-state index contributed by atoms with van der Waals surface area (Å²) in [5, 5.41) is 8.61.